The molecule has 128 valence electrons. The molecule has 1 aliphatic rings. The number of para-hydroxylation sites is 2. The van der Waals surface area contributed by atoms with Gasteiger partial charge in [-0.3, -0.25) is 9.69 Å². The van der Waals surface area contributed by atoms with Crippen molar-refractivity contribution in [1.82, 2.24) is 0 Å². The highest BCUT2D eigenvalue weighted by molar-refractivity contribution is 5.98. The highest BCUT2D eigenvalue weighted by Crippen LogP contribution is 2.39. The Morgan fingerprint density at radius 2 is 1.88 bits per heavy atom. The first-order chi connectivity index (χ1) is 12.2. The number of nitrogens with zero attached hydrogens (tertiary/aromatic N) is 1. The molecule has 0 fully saturated rings. The molecule has 1 atom stereocenters. The third kappa shape index (κ3) is 3.71. The number of carbonyl (C=O) groups is 2. The molecule has 0 radical (unpaired) electrons. The summed E-state index contributed by atoms with van der Waals surface area (Å²) in [6.45, 7) is 1.74. The molecule has 2 aromatic carbocycles. The van der Waals surface area contributed by atoms with Gasteiger partial charge in [-0.25, -0.2) is 4.79 Å². The summed E-state index contributed by atoms with van der Waals surface area (Å²) >= 11 is 0. The second kappa shape index (κ2) is 7.66. The molecule has 0 saturated heterocycles. The van der Waals surface area contributed by atoms with E-state index in [1.54, 1.807) is 17.9 Å². The van der Waals surface area contributed by atoms with Crippen LogP contribution in [0.3, 0.4) is 0 Å². The van der Waals surface area contributed by atoms with Gasteiger partial charge in [-0.05, 0) is 24.6 Å². The van der Waals surface area contributed by atoms with Gasteiger partial charge >= 0.3 is 5.97 Å². The van der Waals surface area contributed by atoms with Gasteiger partial charge in [-0.1, -0.05) is 48.5 Å². The van der Waals surface area contributed by atoms with Crippen LogP contribution in [0.15, 0.2) is 66.7 Å². The summed E-state index contributed by atoms with van der Waals surface area (Å²) < 4.78 is 10.9. The Kier molecular flexibility index (Phi) is 5.14. The first kappa shape index (κ1) is 16.8. The fourth-order valence-corrected chi connectivity index (χ4v) is 2.80. The molecule has 3 rings (SSSR count). The van der Waals surface area contributed by atoms with Gasteiger partial charge in [0.05, 0.1) is 11.7 Å². The first-order valence-corrected chi connectivity index (χ1v) is 8.09. The summed E-state index contributed by atoms with van der Waals surface area (Å²) in [5, 5.41) is 0. The number of anilines is 1. The second-order valence-electron chi connectivity index (χ2n) is 5.58. The Hall–Kier alpha value is -3.08. The molecule has 1 aliphatic heterocycles. The molecule has 1 amide bonds. The van der Waals surface area contributed by atoms with Crippen LogP contribution in [0.5, 0.6) is 5.75 Å². The molecule has 0 saturated carbocycles. The van der Waals surface area contributed by atoms with Gasteiger partial charge in [0.2, 0.25) is 0 Å². The Bertz CT molecular complexity index is 785. The number of hydrogen-bond acceptors (Lipinski definition) is 4. The van der Waals surface area contributed by atoms with E-state index in [-0.39, 0.29) is 18.6 Å². The normalized spacial score (nSPS) is 16.2. The Balaban J connectivity index is 1.89. The molecule has 1 heterocycles. The quantitative estimate of drug-likeness (QED) is 0.635. The smallest absolute Gasteiger partial charge is 0.330 e. The largest absolute Gasteiger partial charge is 0.489 e. The lowest BCUT2D eigenvalue weighted by atomic mass is 10.0. The minimum absolute atomic E-state index is 0.274. The molecule has 2 aromatic rings. The second-order valence-corrected chi connectivity index (χ2v) is 5.58. The van der Waals surface area contributed by atoms with Crippen LogP contribution in [0.2, 0.25) is 0 Å². The standard InChI is InChI=1S/C20H19NO4/c1-2-8-20(23)25-14-19(22)21-16-11-6-7-12-18(16)24-13-17(21)15-9-4-3-5-10-15/h2-12,17H,13-14H2,1H3/b8-2+. The average Bonchev–Trinajstić information content (AvgIpc) is 2.66. The maximum absolute atomic E-state index is 12.8. The number of amides is 1. The van der Waals surface area contributed by atoms with E-state index < -0.39 is 5.97 Å². The first-order valence-electron chi connectivity index (χ1n) is 8.09. The maximum Gasteiger partial charge on any atom is 0.330 e. The van der Waals surface area contributed by atoms with E-state index in [0.717, 1.165) is 5.56 Å². The van der Waals surface area contributed by atoms with Crippen molar-refractivity contribution in [3.8, 4) is 5.75 Å². The predicted octanol–water partition coefficient (Wildman–Crippen LogP) is 3.27. The lowest BCUT2D eigenvalue weighted by Crippen LogP contribution is -2.43. The Morgan fingerprint density at radius 3 is 2.64 bits per heavy atom. The van der Waals surface area contributed by atoms with Crippen LogP contribution in [-0.4, -0.2) is 25.1 Å². The van der Waals surface area contributed by atoms with Crippen molar-refractivity contribution in [3.63, 3.8) is 0 Å². The van der Waals surface area contributed by atoms with Crippen molar-refractivity contribution >= 4 is 17.6 Å². The lowest BCUT2D eigenvalue weighted by molar-refractivity contribution is -0.143. The minimum atomic E-state index is -0.534. The Labute approximate surface area is 146 Å². The number of allylic oxidation sites excluding steroid dienone is 1. The monoisotopic (exact) mass is 337 g/mol. The van der Waals surface area contributed by atoms with Gasteiger partial charge in [0.1, 0.15) is 12.4 Å². The van der Waals surface area contributed by atoms with Crippen LogP contribution in [0.4, 0.5) is 5.69 Å². The zero-order valence-corrected chi connectivity index (χ0v) is 13.9. The van der Waals surface area contributed by atoms with Gasteiger partial charge in [0.15, 0.2) is 6.61 Å². The van der Waals surface area contributed by atoms with Crippen molar-refractivity contribution in [2.45, 2.75) is 13.0 Å². The number of rotatable bonds is 4. The topological polar surface area (TPSA) is 55.8 Å². The van der Waals surface area contributed by atoms with Gasteiger partial charge < -0.3 is 9.47 Å². The van der Waals surface area contributed by atoms with Crippen molar-refractivity contribution in [1.29, 1.82) is 0 Å². The molecular formula is C20H19NO4. The number of fused-ring (bicyclic) bond motifs is 1. The van der Waals surface area contributed by atoms with E-state index in [2.05, 4.69) is 0 Å². The molecule has 1 unspecified atom stereocenters. The summed E-state index contributed by atoms with van der Waals surface area (Å²) in [5.41, 5.74) is 1.64. The molecule has 0 bridgehead atoms. The number of hydrogen-bond donors (Lipinski definition) is 0. The van der Waals surface area contributed by atoms with Gasteiger partial charge in [-0.2, -0.15) is 0 Å². The lowest BCUT2D eigenvalue weighted by Gasteiger charge is -2.37. The molecular weight excluding hydrogens is 318 g/mol. The van der Waals surface area contributed by atoms with Crippen molar-refractivity contribution < 1.29 is 19.1 Å². The van der Waals surface area contributed by atoms with E-state index in [0.29, 0.717) is 18.0 Å². The molecule has 5 heteroatoms. The Morgan fingerprint density at radius 1 is 1.16 bits per heavy atom. The van der Waals surface area contributed by atoms with E-state index >= 15 is 0 Å². The molecule has 0 aliphatic carbocycles. The minimum Gasteiger partial charge on any atom is -0.489 e. The maximum atomic E-state index is 12.8. The van der Waals surface area contributed by atoms with E-state index in [1.807, 2.05) is 54.6 Å². The van der Waals surface area contributed by atoms with Gasteiger partial charge in [0.25, 0.3) is 5.91 Å². The highest BCUT2D eigenvalue weighted by Gasteiger charge is 2.33. The van der Waals surface area contributed by atoms with Crippen LogP contribution >= 0.6 is 0 Å². The van der Waals surface area contributed by atoms with Crippen LogP contribution < -0.4 is 9.64 Å². The van der Waals surface area contributed by atoms with E-state index in [9.17, 15) is 9.59 Å². The predicted molar refractivity (Wildman–Crippen MR) is 94.4 cm³/mol. The third-order valence-corrected chi connectivity index (χ3v) is 3.93. The number of esters is 1. The fraction of sp³-hybridized carbons (Fsp3) is 0.200. The van der Waals surface area contributed by atoms with Crippen LogP contribution in [-0.2, 0) is 14.3 Å². The van der Waals surface area contributed by atoms with Gasteiger partial charge in [0, 0.05) is 6.08 Å². The zero-order chi connectivity index (χ0) is 17.6. The average molecular weight is 337 g/mol. The van der Waals surface area contributed by atoms with Crippen molar-refractivity contribution in [2.75, 3.05) is 18.1 Å². The molecule has 0 N–H and O–H groups in total. The van der Waals surface area contributed by atoms with Crippen molar-refractivity contribution in [2.24, 2.45) is 0 Å². The highest BCUT2D eigenvalue weighted by atomic mass is 16.5. The molecule has 0 aromatic heterocycles. The fourth-order valence-electron chi connectivity index (χ4n) is 2.80. The van der Waals surface area contributed by atoms with Crippen LogP contribution in [0, 0.1) is 0 Å². The van der Waals surface area contributed by atoms with E-state index in [4.69, 9.17) is 9.47 Å². The van der Waals surface area contributed by atoms with Gasteiger partial charge in [-0.15, -0.1) is 0 Å². The summed E-state index contributed by atoms with van der Waals surface area (Å²) in [5.74, 6) is -0.182. The molecule has 0 spiro atoms. The van der Waals surface area contributed by atoms with Crippen LogP contribution in [0.1, 0.15) is 18.5 Å². The van der Waals surface area contributed by atoms with E-state index in [1.165, 1.54) is 6.08 Å². The zero-order valence-electron chi connectivity index (χ0n) is 13.9. The van der Waals surface area contributed by atoms with Crippen molar-refractivity contribution in [3.05, 3.63) is 72.3 Å². The molecule has 5 nitrogen and oxygen atoms in total. The van der Waals surface area contributed by atoms with Crippen LogP contribution in [0.25, 0.3) is 0 Å². The molecule has 25 heavy (non-hydrogen) atoms. The number of benzene rings is 2. The number of carbonyl (C=O) groups excluding carboxylic acids is 2. The summed E-state index contributed by atoms with van der Waals surface area (Å²) in [7, 11) is 0. The third-order valence-electron chi connectivity index (χ3n) is 3.93. The number of ether oxygens (including phenoxy) is 2. The summed E-state index contributed by atoms with van der Waals surface area (Å²) in [6, 6.07) is 16.8. The SMILES string of the molecule is C/C=C/C(=O)OCC(=O)N1c2ccccc2OCC1c1ccccc1. The summed E-state index contributed by atoms with van der Waals surface area (Å²) in [6.07, 6.45) is 2.86. The summed E-state index contributed by atoms with van der Waals surface area (Å²) in [4.78, 5) is 26.0.